The van der Waals surface area contributed by atoms with Gasteiger partial charge in [0.1, 0.15) is 17.1 Å². The van der Waals surface area contributed by atoms with E-state index in [9.17, 15) is 22.8 Å². The number of halogens is 4. The Morgan fingerprint density at radius 1 is 0.868 bits per heavy atom. The molecule has 0 amide bonds. The zero-order valence-corrected chi connectivity index (χ0v) is 20.7. The van der Waals surface area contributed by atoms with E-state index >= 15 is 0 Å². The van der Waals surface area contributed by atoms with Crippen LogP contribution in [-0.2, 0) is 6.18 Å². The van der Waals surface area contributed by atoms with E-state index < -0.39 is 34.7 Å². The molecule has 0 saturated carbocycles. The molecular formula is C26H18ClF3O8. The second-order valence-electron chi connectivity index (χ2n) is 7.58. The number of ether oxygens (including phenoxy) is 5. The van der Waals surface area contributed by atoms with Crippen LogP contribution in [0, 0.1) is 0 Å². The van der Waals surface area contributed by atoms with Crippen molar-refractivity contribution < 1.29 is 46.1 Å². The first kappa shape index (κ1) is 26.7. The van der Waals surface area contributed by atoms with Gasteiger partial charge in [0.05, 0.1) is 37.3 Å². The summed E-state index contributed by atoms with van der Waals surface area (Å²) in [5.41, 5.74) is -1.58. The lowest BCUT2D eigenvalue weighted by Crippen LogP contribution is -2.16. The first-order chi connectivity index (χ1) is 18.1. The van der Waals surface area contributed by atoms with E-state index in [0.717, 1.165) is 12.1 Å². The minimum Gasteiger partial charge on any atom is -0.493 e. The quantitative estimate of drug-likeness (QED) is 0.190. The molecule has 0 atom stereocenters. The number of fused-ring (bicyclic) bond motifs is 1. The normalized spacial score (nSPS) is 11.2. The van der Waals surface area contributed by atoms with Crippen molar-refractivity contribution in [2.24, 2.45) is 0 Å². The van der Waals surface area contributed by atoms with E-state index in [2.05, 4.69) is 0 Å². The molecule has 0 radical (unpaired) electrons. The second kappa shape index (κ2) is 10.5. The zero-order chi connectivity index (χ0) is 27.6. The van der Waals surface area contributed by atoms with Gasteiger partial charge in [0.25, 0.3) is 5.76 Å². The standard InChI is InChI=1S/C26H18ClF3O8/c1-33-19-10-13(11-20(34-2)22(19)35-3)25(32)36-14-8-9-15-18(12-14)38-24(26(28,29)30)23(21(15)31)37-17-7-5-4-6-16(17)27/h4-12H,1-3H3. The molecule has 8 nitrogen and oxygen atoms in total. The van der Waals surface area contributed by atoms with Crippen molar-refractivity contribution in [3.8, 4) is 34.5 Å². The van der Waals surface area contributed by atoms with Crippen molar-refractivity contribution in [2.45, 2.75) is 6.18 Å². The summed E-state index contributed by atoms with van der Waals surface area (Å²) < 4.78 is 72.7. The van der Waals surface area contributed by atoms with Crippen LogP contribution in [0.1, 0.15) is 16.1 Å². The lowest BCUT2D eigenvalue weighted by atomic mass is 10.1. The molecule has 0 aliphatic rings. The maximum absolute atomic E-state index is 13.8. The first-order valence-electron chi connectivity index (χ1n) is 10.7. The maximum atomic E-state index is 13.8. The fourth-order valence-electron chi connectivity index (χ4n) is 3.50. The van der Waals surface area contributed by atoms with Gasteiger partial charge in [-0.3, -0.25) is 4.79 Å². The van der Waals surface area contributed by atoms with Crippen LogP contribution in [0.2, 0.25) is 5.02 Å². The Bertz CT molecular complexity index is 1550. The van der Waals surface area contributed by atoms with Crippen molar-refractivity contribution in [2.75, 3.05) is 21.3 Å². The van der Waals surface area contributed by atoms with Gasteiger partial charge in [-0.25, -0.2) is 4.79 Å². The zero-order valence-electron chi connectivity index (χ0n) is 20.0. The Balaban J connectivity index is 1.74. The van der Waals surface area contributed by atoms with Crippen LogP contribution in [-0.4, -0.2) is 27.3 Å². The summed E-state index contributed by atoms with van der Waals surface area (Å²) in [5.74, 6) is -3.39. The molecule has 198 valence electrons. The highest BCUT2D eigenvalue weighted by Crippen LogP contribution is 2.41. The average molecular weight is 551 g/mol. The van der Waals surface area contributed by atoms with Gasteiger partial charge in [-0.05, 0) is 36.4 Å². The lowest BCUT2D eigenvalue weighted by molar-refractivity contribution is -0.154. The third kappa shape index (κ3) is 5.18. The molecule has 0 spiro atoms. The van der Waals surface area contributed by atoms with E-state index in [1.54, 1.807) is 6.07 Å². The smallest absolute Gasteiger partial charge is 0.453 e. The summed E-state index contributed by atoms with van der Waals surface area (Å²) in [6.45, 7) is 0. The predicted molar refractivity (Wildman–Crippen MR) is 130 cm³/mol. The lowest BCUT2D eigenvalue weighted by Gasteiger charge is -2.15. The number of alkyl halides is 3. The predicted octanol–water partition coefficient (Wildman–Crippen LogP) is 6.50. The summed E-state index contributed by atoms with van der Waals surface area (Å²) in [5, 5.41) is -0.248. The molecule has 4 aromatic rings. The first-order valence-corrected chi connectivity index (χ1v) is 11.1. The van der Waals surface area contributed by atoms with Crippen LogP contribution < -0.4 is 29.1 Å². The second-order valence-corrected chi connectivity index (χ2v) is 7.99. The highest BCUT2D eigenvalue weighted by atomic mass is 35.5. The summed E-state index contributed by atoms with van der Waals surface area (Å²) in [7, 11) is 4.11. The van der Waals surface area contributed by atoms with Gasteiger partial charge >= 0.3 is 12.1 Å². The highest BCUT2D eigenvalue weighted by molar-refractivity contribution is 6.32. The summed E-state index contributed by atoms with van der Waals surface area (Å²) in [4.78, 5) is 25.8. The van der Waals surface area contributed by atoms with Crippen LogP contribution in [0.25, 0.3) is 11.0 Å². The van der Waals surface area contributed by atoms with E-state index in [1.165, 1.54) is 57.7 Å². The summed E-state index contributed by atoms with van der Waals surface area (Å²) >= 11 is 5.98. The summed E-state index contributed by atoms with van der Waals surface area (Å²) in [6, 6.07) is 11.8. The van der Waals surface area contributed by atoms with Crippen molar-refractivity contribution in [1.82, 2.24) is 0 Å². The van der Waals surface area contributed by atoms with Gasteiger partial charge in [0.15, 0.2) is 11.5 Å². The van der Waals surface area contributed by atoms with Crippen molar-refractivity contribution >= 4 is 28.5 Å². The van der Waals surface area contributed by atoms with E-state index in [4.69, 9.17) is 39.7 Å². The fourth-order valence-corrected chi connectivity index (χ4v) is 3.68. The molecule has 0 saturated heterocycles. The van der Waals surface area contributed by atoms with Gasteiger partial charge in [-0.1, -0.05) is 23.7 Å². The monoisotopic (exact) mass is 550 g/mol. The van der Waals surface area contributed by atoms with Crippen LogP contribution in [0.4, 0.5) is 13.2 Å². The third-order valence-electron chi connectivity index (χ3n) is 5.24. The Morgan fingerprint density at radius 2 is 1.53 bits per heavy atom. The number of hydrogen-bond donors (Lipinski definition) is 0. The number of esters is 1. The third-order valence-corrected chi connectivity index (χ3v) is 5.55. The number of para-hydroxylation sites is 1. The number of benzene rings is 3. The minimum atomic E-state index is -5.09. The van der Waals surface area contributed by atoms with Crippen molar-refractivity contribution in [3.63, 3.8) is 0 Å². The minimum absolute atomic E-state index is 0.000480. The van der Waals surface area contributed by atoms with E-state index in [-0.39, 0.29) is 44.7 Å². The van der Waals surface area contributed by atoms with E-state index in [0.29, 0.717) is 0 Å². The number of carbonyl (C=O) groups excluding carboxylic acids is 1. The number of carbonyl (C=O) groups is 1. The topological polar surface area (TPSA) is 93.4 Å². The van der Waals surface area contributed by atoms with E-state index in [1.807, 2.05) is 0 Å². The molecule has 0 aliphatic heterocycles. The molecule has 0 N–H and O–H groups in total. The van der Waals surface area contributed by atoms with Gasteiger partial charge in [-0.2, -0.15) is 13.2 Å². The van der Waals surface area contributed by atoms with Crippen LogP contribution in [0.15, 0.2) is 63.8 Å². The average Bonchev–Trinajstić information content (AvgIpc) is 2.89. The number of rotatable bonds is 7. The van der Waals surface area contributed by atoms with Crippen molar-refractivity contribution in [1.29, 1.82) is 0 Å². The molecule has 0 aliphatic carbocycles. The number of hydrogen-bond acceptors (Lipinski definition) is 8. The Labute approximate surface area is 218 Å². The Kier molecular flexibility index (Phi) is 7.40. The molecule has 38 heavy (non-hydrogen) atoms. The molecule has 1 heterocycles. The Morgan fingerprint density at radius 3 is 2.11 bits per heavy atom. The molecule has 0 fully saturated rings. The molecule has 4 rings (SSSR count). The van der Waals surface area contributed by atoms with Crippen molar-refractivity contribution in [3.05, 3.63) is 81.2 Å². The molecular weight excluding hydrogens is 533 g/mol. The van der Waals surface area contributed by atoms with Gasteiger partial charge < -0.3 is 28.1 Å². The van der Waals surface area contributed by atoms with Crippen LogP contribution in [0.5, 0.6) is 34.5 Å². The molecule has 3 aromatic carbocycles. The largest absolute Gasteiger partial charge is 0.493 e. The number of methoxy groups -OCH3 is 3. The molecule has 12 heteroatoms. The SMILES string of the molecule is COc1cc(C(=O)Oc2ccc3c(=O)c(Oc4ccccc4Cl)c(C(F)(F)F)oc3c2)cc(OC)c1OC. The molecule has 0 bridgehead atoms. The highest BCUT2D eigenvalue weighted by Gasteiger charge is 2.40. The van der Waals surface area contributed by atoms with Gasteiger partial charge in [0, 0.05) is 6.07 Å². The van der Waals surface area contributed by atoms with Crippen LogP contribution in [0.3, 0.4) is 0 Å². The van der Waals surface area contributed by atoms with Gasteiger partial charge in [-0.15, -0.1) is 0 Å². The van der Waals surface area contributed by atoms with Crippen LogP contribution >= 0.6 is 11.6 Å². The Hall–Kier alpha value is -4.38. The fraction of sp³-hybridized carbons (Fsp3) is 0.154. The van der Waals surface area contributed by atoms with Gasteiger partial charge in [0.2, 0.25) is 16.9 Å². The molecule has 0 unspecified atom stereocenters. The molecule has 1 aromatic heterocycles. The summed E-state index contributed by atoms with van der Waals surface area (Å²) in [6.07, 6.45) is -5.09. The maximum Gasteiger partial charge on any atom is 0.453 e.